The third-order valence-electron chi connectivity index (χ3n) is 10.3. The molecule has 1 aromatic carbocycles. The van der Waals surface area contributed by atoms with E-state index in [1.807, 2.05) is 30.5 Å². The summed E-state index contributed by atoms with van der Waals surface area (Å²) < 4.78 is 17.7. The van der Waals surface area contributed by atoms with Crippen LogP contribution in [0.25, 0.3) is 21.6 Å². The molecule has 0 radical (unpaired) electrons. The Bertz CT molecular complexity index is 1860. The van der Waals surface area contributed by atoms with Gasteiger partial charge in [-0.2, -0.15) is 0 Å². The molecule has 3 N–H and O–H groups in total. The van der Waals surface area contributed by atoms with Gasteiger partial charge in [-0.25, -0.2) is 19.6 Å². The number of aromatic nitrogens is 2. The second kappa shape index (κ2) is 15.5. The summed E-state index contributed by atoms with van der Waals surface area (Å²) >= 11 is 1.55. The molecule has 3 fully saturated rings. The highest BCUT2D eigenvalue weighted by Crippen LogP contribution is 2.48. The first-order chi connectivity index (χ1) is 25.2. The number of hydrogen-bond donors (Lipinski definition) is 3. The summed E-state index contributed by atoms with van der Waals surface area (Å²) in [6.07, 6.45) is 6.24. The van der Waals surface area contributed by atoms with Crippen LogP contribution >= 0.6 is 11.3 Å². The summed E-state index contributed by atoms with van der Waals surface area (Å²) in [6, 6.07) is 5.35. The van der Waals surface area contributed by atoms with Crippen molar-refractivity contribution in [3.8, 4) is 22.2 Å². The number of hydrogen-bond acceptors (Lipinski definition) is 10. The van der Waals surface area contributed by atoms with E-state index in [0.717, 1.165) is 35.6 Å². The molecule has 2 saturated heterocycles. The van der Waals surface area contributed by atoms with Crippen molar-refractivity contribution in [1.29, 1.82) is 0 Å². The van der Waals surface area contributed by atoms with Gasteiger partial charge in [-0.3, -0.25) is 9.59 Å². The Balaban J connectivity index is 1.34. The molecule has 286 valence electrons. The lowest BCUT2D eigenvalue weighted by Gasteiger charge is -2.30. The molecule has 3 aromatic rings. The molecule has 3 aliphatic rings. The number of thiazole rings is 1. The number of aliphatic carboxylic acids is 1. The van der Waals surface area contributed by atoms with E-state index in [0.29, 0.717) is 59.7 Å². The number of rotatable bonds is 7. The molecule has 1 aliphatic carbocycles. The molecule has 6 rings (SSSR count). The van der Waals surface area contributed by atoms with E-state index < -0.39 is 53.2 Å². The van der Waals surface area contributed by atoms with E-state index in [-0.39, 0.29) is 18.9 Å². The number of alkyl carbamates (subject to hydrolysis) is 1. The Hall–Kier alpha value is -4.46. The highest BCUT2D eigenvalue weighted by molar-refractivity contribution is 7.15. The van der Waals surface area contributed by atoms with Gasteiger partial charge in [0.15, 0.2) is 0 Å². The van der Waals surface area contributed by atoms with Crippen molar-refractivity contribution in [3.63, 3.8) is 0 Å². The third kappa shape index (κ3) is 8.69. The number of carboxylic acids is 1. The predicted molar refractivity (Wildman–Crippen MR) is 200 cm³/mol. The van der Waals surface area contributed by atoms with Crippen molar-refractivity contribution in [2.24, 2.45) is 5.92 Å². The quantitative estimate of drug-likeness (QED) is 0.245. The first-order valence-corrected chi connectivity index (χ1v) is 19.5. The van der Waals surface area contributed by atoms with Crippen molar-refractivity contribution < 1.29 is 38.5 Å². The van der Waals surface area contributed by atoms with Gasteiger partial charge in [-0.15, -0.1) is 11.3 Å². The number of pyridine rings is 1. The Kier molecular flexibility index (Phi) is 11.2. The SMILES string of the molecule is COc1ccc2c(O[C@@H]3CC4C(=O)NC5(C(=O)O)CC5CCCCCCCC(NC(=O)OC(C)(C)C)C(=O)N4C3)cc(-c3ncc(C(C)C)s3)nc2c1. The van der Waals surface area contributed by atoms with E-state index >= 15 is 0 Å². The minimum atomic E-state index is -1.36. The van der Waals surface area contributed by atoms with Crippen LogP contribution in [-0.4, -0.2) is 86.8 Å². The monoisotopic (exact) mass is 749 g/mol. The minimum absolute atomic E-state index is 0.0387. The Morgan fingerprint density at radius 3 is 2.51 bits per heavy atom. The zero-order chi connectivity index (χ0) is 38.1. The average Bonchev–Trinajstić information content (AvgIpc) is 3.40. The fraction of sp³-hybridized carbons (Fsp3) is 0.590. The van der Waals surface area contributed by atoms with Gasteiger partial charge in [0.25, 0.3) is 0 Å². The first kappa shape index (κ1) is 38.3. The van der Waals surface area contributed by atoms with Crippen LogP contribution in [0.5, 0.6) is 11.5 Å². The number of amides is 3. The van der Waals surface area contributed by atoms with Gasteiger partial charge in [0.1, 0.15) is 51.5 Å². The molecule has 0 spiro atoms. The van der Waals surface area contributed by atoms with Gasteiger partial charge < -0.3 is 34.9 Å². The lowest BCUT2D eigenvalue weighted by molar-refractivity contribution is -0.146. The summed E-state index contributed by atoms with van der Waals surface area (Å²) in [5.41, 5.74) is -0.899. The molecular weight excluding hydrogens is 699 g/mol. The van der Waals surface area contributed by atoms with Crippen LogP contribution in [0.15, 0.2) is 30.5 Å². The minimum Gasteiger partial charge on any atom is -0.497 e. The Morgan fingerprint density at radius 2 is 1.83 bits per heavy atom. The van der Waals surface area contributed by atoms with Crippen LogP contribution in [0.3, 0.4) is 0 Å². The second-order valence-corrected chi connectivity index (χ2v) is 16.9. The summed E-state index contributed by atoms with van der Waals surface area (Å²) in [7, 11) is 1.59. The molecule has 14 heteroatoms. The van der Waals surface area contributed by atoms with E-state index in [2.05, 4.69) is 29.5 Å². The topological polar surface area (TPSA) is 169 Å². The van der Waals surface area contributed by atoms with Crippen LogP contribution in [0.4, 0.5) is 4.79 Å². The number of ether oxygens (including phenoxy) is 3. The zero-order valence-electron chi connectivity index (χ0n) is 31.4. The molecule has 1 saturated carbocycles. The van der Waals surface area contributed by atoms with Crippen LogP contribution in [0.2, 0.25) is 0 Å². The van der Waals surface area contributed by atoms with Gasteiger partial charge >= 0.3 is 12.1 Å². The molecule has 5 atom stereocenters. The van der Waals surface area contributed by atoms with E-state index in [1.165, 1.54) is 4.90 Å². The third-order valence-corrected chi connectivity index (χ3v) is 11.6. The summed E-state index contributed by atoms with van der Waals surface area (Å²) in [5, 5.41) is 17.3. The van der Waals surface area contributed by atoms with Gasteiger partial charge in [-0.1, -0.05) is 46.0 Å². The number of carbonyl (C=O) groups excluding carboxylic acids is 3. The maximum Gasteiger partial charge on any atom is 0.408 e. The maximum atomic E-state index is 14.5. The number of carbonyl (C=O) groups is 4. The first-order valence-electron chi connectivity index (χ1n) is 18.6. The zero-order valence-corrected chi connectivity index (χ0v) is 32.2. The number of methoxy groups -OCH3 is 1. The summed E-state index contributed by atoms with van der Waals surface area (Å²) in [4.78, 5) is 66.3. The van der Waals surface area contributed by atoms with Crippen molar-refractivity contribution in [3.05, 3.63) is 35.3 Å². The smallest absolute Gasteiger partial charge is 0.408 e. The molecule has 2 aromatic heterocycles. The van der Waals surface area contributed by atoms with Crippen molar-refractivity contribution in [2.45, 2.75) is 128 Å². The molecule has 4 heterocycles. The van der Waals surface area contributed by atoms with Gasteiger partial charge in [0.2, 0.25) is 11.8 Å². The van der Waals surface area contributed by atoms with E-state index in [1.54, 1.807) is 39.2 Å². The van der Waals surface area contributed by atoms with Crippen LogP contribution in [0, 0.1) is 5.92 Å². The van der Waals surface area contributed by atoms with Crippen LogP contribution in [0.1, 0.15) is 103 Å². The van der Waals surface area contributed by atoms with Gasteiger partial charge in [0.05, 0.1) is 19.2 Å². The lowest BCUT2D eigenvalue weighted by Crippen LogP contribution is -2.56. The molecule has 3 amide bonds. The molecule has 13 nitrogen and oxygen atoms in total. The molecule has 2 aliphatic heterocycles. The highest BCUT2D eigenvalue weighted by atomic mass is 32.1. The standard InChI is InChI=1S/C39H51N5O8S/c1-22(2)32-20-40-34(53-32)29-18-31(26-15-14-24(50-6)16-28(26)41-29)51-25-17-30-33(45)43-39(36(47)48)19-23(39)12-10-8-7-9-11-13-27(35(46)44(30)21-25)42-37(49)52-38(3,4)5/h14-16,18,20,22-23,25,27,30H,7-13,17,19,21H2,1-6H3,(H,42,49)(H,43,45)(H,47,48)/t23?,25-,27?,30?,39?/m1/s1. The number of carboxylic acid groups (broad SMARTS) is 1. The fourth-order valence-corrected chi connectivity index (χ4v) is 8.24. The van der Waals surface area contributed by atoms with Gasteiger partial charge in [0, 0.05) is 35.0 Å². The fourth-order valence-electron chi connectivity index (χ4n) is 7.36. The molecular formula is C39H51N5O8S. The Labute approximate surface area is 314 Å². The van der Waals surface area contributed by atoms with E-state index in [4.69, 9.17) is 19.2 Å². The number of nitrogens with zero attached hydrogens (tertiary/aromatic N) is 3. The number of nitrogens with one attached hydrogen (secondary N) is 2. The van der Waals surface area contributed by atoms with E-state index in [9.17, 15) is 24.3 Å². The molecule has 4 unspecified atom stereocenters. The largest absolute Gasteiger partial charge is 0.497 e. The molecule has 0 bridgehead atoms. The van der Waals surface area contributed by atoms with Crippen molar-refractivity contribution >= 4 is 46.1 Å². The molecule has 53 heavy (non-hydrogen) atoms. The maximum absolute atomic E-state index is 14.5. The highest BCUT2D eigenvalue weighted by Gasteiger charge is 2.62. The second-order valence-electron chi connectivity index (χ2n) is 15.8. The summed E-state index contributed by atoms with van der Waals surface area (Å²) in [6.45, 7) is 9.50. The summed E-state index contributed by atoms with van der Waals surface area (Å²) in [5.74, 6) is -0.806. The van der Waals surface area contributed by atoms with Crippen LogP contribution in [-0.2, 0) is 19.1 Å². The number of fused-ring (bicyclic) bond motifs is 3. The normalized spacial score (nSPS) is 25.5. The number of benzene rings is 1. The van der Waals surface area contributed by atoms with Gasteiger partial charge in [-0.05, 0) is 64.0 Å². The Morgan fingerprint density at radius 1 is 1.09 bits per heavy atom. The van der Waals surface area contributed by atoms with Crippen molar-refractivity contribution in [1.82, 2.24) is 25.5 Å². The van der Waals surface area contributed by atoms with Crippen molar-refractivity contribution in [2.75, 3.05) is 13.7 Å². The van der Waals surface area contributed by atoms with Crippen LogP contribution < -0.4 is 20.1 Å². The lowest BCUT2D eigenvalue weighted by atomic mass is 10.0. The average molecular weight is 750 g/mol. The predicted octanol–water partition coefficient (Wildman–Crippen LogP) is 6.44.